The van der Waals surface area contributed by atoms with E-state index in [1.165, 1.54) is 18.2 Å². The first-order chi connectivity index (χ1) is 11.0. The quantitative estimate of drug-likeness (QED) is 0.928. The molecule has 0 radical (unpaired) electrons. The summed E-state index contributed by atoms with van der Waals surface area (Å²) in [6.45, 7) is 0.693. The summed E-state index contributed by atoms with van der Waals surface area (Å²) in [5.41, 5.74) is 1.17. The largest absolute Gasteiger partial charge is 0.319 e. The highest BCUT2D eigenvalue weighted by Crippen LogP contribution is 2.23. The highest BCUT2D eigenvalue weighted by Gasteiger charge is 2.21. The molecule has 4 nitrogen and oxygen atoms in total. The standard InChI is InChI=1S/C17H14ClFN2O2/c18-12-5-8-14(19)15(10-12)20-17(23)11-3-6-13(7-4-11)21-9-1-2-16(21)22/h3-8,10H,1-2,9H2,(H,20,23). The number of hydrogen-bond acceptors (Lipinski definition) is 2. The minimum atomic E-state index is -0.554. The molecule has 0 spiro atoms. The molecule has 0 aromatic heterocycles. The smallest absolute Gasteiger partial charge is 0.255 e. The molecule has 1 saturated heterocycles. The zero-order chi connectivity index (χ0) is 16.4. The predicted molar refractivity (Wildman–Crippen MR) is 87.4 cm³/mol. The van der Waals surface area contributed by atoms with Crippen molar-refractivity contribution in [3.63, 3.8) is 0 Å². The second kappa shape index (κ2) is 6.38. The molecular weight excluding hydrogens is 319 g/mol. The third-order valence-corrected chi connectivity index (χ3v) is 3.93. The van der Waals surface area contributed by atoms with Crippen LogP contribution in [0.5, 0.6) is 0 Å². The van der Waals surface area contributed by atoms with Gasteiger partial charge in [-0.15, -0.1) is 0 Å². The molecule has 3 rings (SSSR count). The van der Waals surface area contributed by atoms with Gasteiger partial charge in [0.05, 0.1) is 5.69 Å². The van der Waals surface area contributed by atoms with Gasteiger partial charge < -0.3 is 10.2 Å². The van der Waals surface area contributed by atoms with E-state index in [0.717, 1.165) is 12.1 Å². The van der Waals surface area contributed by atoms with E-state index in [-0.39, 0.29) is 11.6 Å². The van der Waals surface area contributed by atoms with Crippen LogP contribution in [0.3, 0.4) is 0 Å². The zero-order valence-corrected chi connectivity index (χ0v) is 12.9. The topological polar surface area (TPSA) is 49.4 Å². The van der Waals surface area contributed by atoms with E-state index >= 15 is 0 Å². The van der Waals surface area contributed by atoms with E-state index in [4.69, 9.17) is 11.6 Å². The lowest BCUT2D eigenvalue weighted by atomic mass is 10.1. The molecule has 1 aliphatic heterocycles. The summed E-state index contributed by atoms with van der Waals surface area (Å²) in [6.07, 6.45) is 1.39. The highest BCUT2D eigenvalue weighted by molar-refractivity contribution is 6.31. The van der Waals surface area contributed by atoms with Crippen LogP contribution in [-0.4, -0.2) is 18.4 Å². The number of halogens is 2. The molecule has 23 heavy (non-hydrogen) atoms. The number of anilines is 2. The number of nitrogens with one attached hydrogen (secondary N) is 1. The van der Waals surface area contributed by atoms with Crippen molar-refractivity contribution in [1.29, 1.82) is 0 Å². The summed E-state index contributed by atoms with van der Waals surface area (Å²) >= 11 is 5.80. The third kappa shape index (κ3) is 3.35. The van der Waals surface area contributed by atoms with E-state index in [9.17, 15) is 14.0 Å². The fraction of sp³-hybridized carbons (Fsp3) is 0.176. The Labute approximate surface area is 137 Å². The fourth-order valence-corrected chi connectivity index (χ4v) is 2.67. The molecule has 2 amide bonds. The van der Waals surface area contributed by atoms with E-state index in [1.54, 1.807) is 29.2 Å². The van der Waals surface area contributed by atoms with Crippen molar-refractivity contribution in [2.45, 2.75) is 12.8 Å². The average Bonchev–Trinajstić information content (AvgIpc) is 2.97. The lowest BCUT2D eigenvalue weighted by Gasteiger charge is -2.15. The molecule has 2 aromatic carbocycles. The van der Waals surface area contributed by atoms with Gasteiger partial charge in [0.25, 0.3) is 5.91 Å². The summed E-state index contributed by atoms with van der Waals surface area (Å²) in [4.78, 5) is 25.6. The van der Waals surface area contributed by atoms with Gasteiger partial charge in [-0.05, 0) is 48.9 Å². The van der Waals surface area contributed by atoms with Crippen molar-refractivity contribution < 1.29 is 14.0 Å². The van der Waals surface area contributed by atoms with Crippen molar-refractivity contribution >= 4 is 34.8 Å². The summed E-state index contributed by atoms with van der Waals surface area (Å²) in [5.74, 6) is -0.907. The van der Waals surface area contributed by atoms with Crippen LogP contribution < -0.4 is 10.2 Å². The Morgan fingerprint density at radius 2 is 1.91 bits per heavy atom. The van der Waals surface area contributed by atoms with Crippen molar-refractivity contribution in [2.75, 3.05) is 16.8 Å². The lowest BCUT2D eigenvalue weighted by molar-refractivity contribution is -0.117. The van der Waals surface area contributed by atoms with Crippen LogP contribution in [0.2, 0.25) is 5.02 Å². The summed E-state index contributed by atoms with van der Waals surface area (Å²) in [7, 11) is 0. The lowest BCUT2D eigenvalue weighted by Crippen LogP contribution is -2.23. The Kier molecular flexibility index (Phi) is 4.30. The van der Waals surface area contributed by atoms with E-state index in [2.05, 4.69) is 5.32 Å². The number of benzene rings is 2. The fourth-order valence-electron chi connectivity index (χ4n) is 2.50. The van der Waals surface area contributed by atoms with Crippen molar-refractivity contribution in [1.82, 2.24) is 0 Å². The first-order valence-corrected chi connectivity index (χ1v) is 7.59. The molecule has 0 saturated carbocycles. The van der Waals surface area contributed by atoms with E-state index in [1.807, 2.05) is 0 Å². The maximum Gasteiger partial charge on any atom is 0.255 e. The summed E-state index contributed by atoms with van der Waals surface area (Å²) in [6, 6.07) is 10.6. The minimum absolute atomic E-state index is 0.0290. The van der Waals surface area contributed by atoms with Gasteiger partial charge in [-0.1, -0.05) is 11.6 Å². The molecule has 118 valence electrons. The maximum absolute atomic E-state index is 13.6. The van der Waals surface area contributed by atoms with E-state index in [0.29, 0.717) is 23.6 Å². The van der Waals surface area contributed by atoms with Crippen LogP contribution >= 0.6 is 11.6 Å². The monoisotopic (exact) mass is 332 g/mol. The van der Waals surface area contributed by atoms with Crippen LogP contribution in [0, 0.1) is 5.82 Å². The normalized spacial score (nSPS) is 14.2. The van der Waals surface area contributed by atoms with Gasteiger partial charge in [0.2, 0.25) is 5.91 Å². The first kappa shape index (κ1) is 15.5. The van der Waals surface area contributed by atoms with Crippen molar-refractivity contribution in [3.8, 4) is 0 Å². The average molecular weight is 333 g/mol. The molecule has 1 fully saturated rings. The Balaban J connectivity index is 1.75. The number of amides is 2. The van der Waals surface area contributed by atoms with Crippen LogP contribution in [0.1, 0.15) is 23.2 Å². The summed E-state index contributed by atoms with van der Waals surface area (Å²) < 4.78 is 13.6. The number of rotatable bonds is 3. The first-order valence-electron chi connectivity index (χ1n) is 7.21. The molecule has 6 heteroatoms. The molecular formula is C17H14ClFN2O2. The minimum Gasteiger partial charge on any atom is -0.319 e. The van der Waals surface area contributed by atoms with Crippen molar-refractivity contribution in [2.24, 2.45) is 0 Å². The number of nitrogens with zero attached hydrogens (tertiary/aromatic N) is 1. The molecule has 1 aliphatic rings. The Morgan fingerprint density at radius 1 is 1.17 bits per heavy atom. The van der Waals surface area contributed by atoms with E-state index < -0.39 is 11.7 Å². The number of hydrogen-bond donors (Lipinski definition) is 1. The molecule has 0 bridgehead atoms. The van der Waals surface area contributed by atoms with Crippen LogP contribution in [0.25, 0.3) is 0 Å². The Hall–Kier alpha value is -2.40. The van der Waals surface area contributed by atoms with Gasteiger partial charge in [-0.2, -0.15) is 0 Å². The zero-order valence-electron chi connectivity index (χ0n) is 12.2. The number of carbonyl (C=O) groups excluding carboxylic acids is 2. The van der Waals surface area contributed by atoms with Crippen LogP contribution in [0.4, 0.5) is 15.8 Å². The molecule has 1 N–H and O–H groups in total. The van der Waals surface area contributed by atoms with Gasteiger partial charge in [0.1, 0.15) is 5.82 Å². The molecule has 2 aromatic rings. The van der Waals surface area contributed by atoms with Gasteiger partial charge in [-0.3, -0.25) is 9.59 Å². The SMILES string of the molecule is O=C(Nc1cc(Cl)ccc1F)c1ccc(N2CCCC2=O)cc1. The molecule has 0 unspecified atom stereocenters. The van der Waals surface area contributed by atoms with Crippen LogP contribution in [-0.2, 0) is 4.79 Å². The summed E-state index contributed by atoms with van der Waals surface area (Å²) in [5, 5.41) is 2.82. The number of carbonyl (C=O) groups is 2. The molecule has 1 heterocycles. The van der Waals surface area contributed by atoms with Gasteiger partial charge >= 0.3 is 0 Å². The Morgan fingerprint density at radius 3 is 2.57 bits per heavy atom. The van der Waals surface area contributed by atoms with Gasteiger partial charge in [0, 0.05) is 29.2 Å². The van der Waals surface area contributed by atoms with Crippen LogP contribution in [0.15, 0.2) is 42.5 Å². The Bertz CT molecular complexity index is 762. The molecule has 0 aliphatic carbocycles. The highest BCUT2D eigenvalue weighted by atomic mass is 35.5. The second-order valence-corrected chi connectivity index (χ2v) is 5.71. The second-order valence-electron chi connectivity index (χ2n) is 5.27. The predicted octanol–water partition coefficient (Wildman–Crippen LogP) is 3.86. The third-order valence-electron chi connectivity index (χ3n) is 3.69. The maximum atomic E-state index is 13.6. The molecule has 0 atom stereocenters. The van der Waals surface area contributed by atoms with Crippen molar-refractivity contribution in [3.05, 3.63) is 58.9 Å². The van der Waals surface area contributed by atoms with Gasteiger partial charge in [0.15, 0.2) is 0 Å². The van der Waals surface area contributed by atoms with Gasteiger partial charge in [-0.25, -0.2) is 4.39 Å².